The van der Waals surface area contributed by atoms with E-state index in [-0.39, 0.29) is 5.91 Å². The van der Waals surface area contributed by atoms with Crippen LogP contribution in [0.5, 0.6) is 0 Å². The summed E-state index contributed by atoms with van der Waals surface area (Å²) in [5, 5.41) is 4.35. The van der Waals surface area contributed by atoms with Crippen LogP contribution in [0.1, 0.15) is 12.5 Å². The van der Waals surface area contributed by atoms with Crippen LogP contribution in [0.2, 0.25) is 0 Å². The molecule has 0 aromatic heterocycles. The van der Waals surface area contributed by atoms with Crippen molar-refractivity contribution < 1.29 is 9.53 Å². The quantitative estimate of drug-likeness (QED) is 0.448. The molecule has 1 heterocycles. The minimum absolute atomic E-state index is 0.270. The molecule has 0 radical (unpaired) electrons. The second-order valence-electron chi connectivity index (χ2n) is 6.88. The van der Waals surface area contributed by atoms with Crippen LogP contribution in [-0.4, -0.2) is 16.7 Å². The number of nitrogens with zero attached hydrogens (tertiary/aromatic N) is 1. The van der Waals surface area contributed by atoms with E-state index in [1.807, 2.05) is 66.7 Å². The highest BCUT2D eigenvalue weighted by molar-refractivity contribution is 8.01. The van der Waals surface area contributed by atoms with Crippen molar-refractivity contribution in [1.82, 2.24) is 0 Å². The minimum Gasteiger partial charge on any atom is -0.449 e. The van der Waals surface area contributed by atoms with Crippen molar-refractivity contribution in [2.45, 2.75) is 16.8 Å². The van der Waals surface area contributed by atoms with Gasteiger partial charge in [-0.3, -0.25) is 4.79 Å². The molecule has 0 bridgehead atoms. The maximum absolute atomic E-state index is 12.8. The molecule has 1 amide bonds. The van der Waals surface area contributed by atoms with Crippen LogP contribution in [-0.2, 0) is 9.53 Å². The number of carbonyl (C=O) groups is 1. The van der Waals surface area contributed by atoms with E-state index in [0.29, 0.717) is 5.90 Å². The Kier molecular flexibility index (Phi) is 3.95. The molecule has 1 aliphatic rings. The van der Waals surface area contributed by atoms with Gasteiger partial charge in [0, 0.05) is 10.5 Å². The largest absolute Gasteiger partial charge is 0.449 e. The lowest BCUT2D eigenvalue weighted by Crippen LogP contribution is -2.29. The van der Waals surface area contributed by atoms with Crippen molar-refractivity contribution in [3.05, 3.63) is 90.5 Å². The molecule has 0 unspecified atom stereocenters. The molecule has 28 heavy (non-hydrogen) atoms. The van der Waals surface area contributed by atoms with Gasteiger partial charge >= 0.3 is 5.91 Å². The number of hydrogen-bond donors (Lipinski definition) is 0. The van der Waals surface area contributed by atoms with Gasteiger partial charge in [0.15, 0.2) is 0 Å². The van der Waals surface area contributed by atoms with E-state index < -0.39 is 4.93 Å². The van der Waals surface area contributed by atoms with E-state index in [9.17, 15) is 4.79 Å². The number of benzene rings is 4. The van der Waals surface area contributed by atoms with Crippen molar-refractivity contribution >= 4 is 45.1 Å². The van der Waals surface area contributed by atoms with Gasteiger partial charge in [0.05, 0.1) is 0 Å². The molecule has 3 nitrogen and oxygen atoms in total. The molecule has 0 saturated heterocycles. The van der Waals surface area contributed by atoms with Crippen molar-refractivity contribution in [3.63, 3.8) is 0 Å². The Hall–Kier alpha value is -3.11. The van der Waals surface area contributed by atoms with Gasteiger partial charge in [-0.15, -0.1) is 0 Å². The van der Waals surface area contributed by atoms with Crippen molar-refractivity contribution in [2.75, 3.05) is 0 Å². The van der Waals surface area contributed by atoms with Gasteiger partial charge in [-0.05, 0) is 40.6 Å². The summed E-state index contributed by atoms with van der Waals surface area (Å²) in [7, 11) is 0. The third kappa shape index (κ3) is 2.77. The van der Waals surface area contributed by atoms with Crippen LogP contribution >= 0.6 is 11.8 Å². The lowest BCUT2D eigenvalue weighted by Gasteiger charge is -2.22. The Morgan fingerprint density at radius 1 is 0.786 bits per heavy atom. The summed E-state index contributed by atoms with van der Waals surface area (Å²) in [5.74, 6) is 0.116. The summed E-state index contributed by atoms with van der Waals surface area (Å²) in [4.78, 5) is 17.0. The van der Waals surface area contributed by atoms with Gasteiger partial charge in [-0.25, -0.2) is 0 Å². The topological polar surface area (TPSA) is 38.7 Å². The van der Waals surface area contributed by atoms with Crippen LogP contribution in [0.3, 0.4) is 0 Å². The zero-order chi connectivity index (χ0) is 19.1. The van der Waals surface area contributed by atoms with Crippen LogP contribution in [0.15, 0.2) is 94.8 Å². The lowest BCUT2D eigenvalue weighted by molar-refractivity contribution is -0.123. The minimum atomic E-state index is -1.09. The highest BCUT2D eigenvalue weighted by Crippen LogP contribution is 2.42. The van der Waals surface area contributed by atoms with E-state index in [0.717, 1.165) is 32.0 Å². The molecule has 1 aliphatic heterocycles. The Morgan fingerprint density at radius 2 is 1.39 bits per heavy atom. The molecule has 4 aromatic rings. The fourth-order valence-corrected chi connectivity index (χ4v) is 4.65. The highest BCUT2D eigenvalue weighted by Gasteiger charge is 2.44. The van der Waals surface area contributed by atoms with E-state index in [1.165, 1.54) is 11.8 Å². The van der Waals surface area contributed by atoms with Gasteiger partial charge in [-0.1, -0.05) is 84.6 Å². The molecule has 0 fully saturated rings. The van der Waals surface area contributed by atoms with E-state index in [1.54, 1.807) is 6.92 Å². The van der Waals surface area contributed by atoms with Crippen molar-refractivity contribution in [2.24, 2.45) is 4.99 Å². The molecule has 0 aliphatic carbocycles. The summed E-state index contributed by atoms with van der Waals surface area (Å²) in [6, 6.07) is 28.2. The maximum atomic E-state index is 12.8. The van der Waals surface area contributed by atoms with Gasteiger partial charge in [0.1, 0.15) is 0 Å². The predicted molar refractivity (Wildman–Crippen MR) is 115 cm³/mol. The third-order valence-electron chi connectivity index (χ3n) is 4.96. The Bertz CT molecular complexity index is 1250. The first-order valence-corrected chi connectivity index (χ1v) is 9.93. The zero-order valence-corrected chi connectivity index (χ0v) is 16.1. The molecular weight excluding hydrogens is 366 g/mol. The molecule has 0 saturated carbocycles. The smallest absolute Gasteiger partial charge is 0.303 e. The fourth-order valence-electron chi connectivity index (χ4n) is 3.53. The van der Waals surface area contributed by atoms with Crippen molar-refractivity contribution in [3.8, 4) is 0 Å². The maximum Gasteiger partial charge on any atom is 0.303 e. The monoisotopic (exact) mass is 383 g/mol. The normalized spacial score (nSPS) is 19.0. The number of rotatable bonds is 3. The molecule has 4 aromatic carbocycles. The number of thioether (sulfide) groups is 1. The first kappa shape index (κ1) is 17.0. The molecule has 1 atom stereocenters. The average Bonchev–Trinajstić information content (AvgIpc) is 3.02. The Morgan fingerprint density at radius 3 is 2.18 bits per heavy atom. The summed E-state index contributed by atoms with van der Waals surface area (Å²) in [5.41, 5.74) is 0.841. The molecule has 136 valence electrons. The summed E-state index contributed by atoms with van der Waals surface area (Å²) >= 11 is 1.41. The highest BCUT2D eigenvalue weighted by atomic mass is 32.2. The van der Waals surface area contributed by atoms with Gasteiger partial charge in [0.2, 0.25) is 10.8 Å². The number of aliphatic imine (C=N–C) groups is 1. The van der Waals surface area contributed by atoms with Crippen LogP contribution in [0.25, 0.3) is 21.5 Å². The number of carbonyl (C=O) groups excluding carboxylic acids is 1. The van der Waals surface area contributed by atoms with Crippen LogP contribution < -0.4 is 0 Å². The summed E-state index contributed by atoms with van der Waals surface area (Å²) in [6.07, 6.45) is 0. The molecular formula is C24H17NO2S. The molecule has 0 spiro atoms. The number of ether oxygens (including phenoxy) is 1. The van der Waals surface area contributed by atoms with E-state index in [2.05, 4.69) is 23.2 Å². The Labute approximate surface area is 167 Å². The number of hydrogen-bond acceptors (Lipinski definition) is 3. The SMILES string of the molecule is C[C@@]1(Sc2cccc3ccccc23)OC(c2cccc3ccccc23)=NC1=O. The Balaban J connectivity index is 1.52. The van der Waals surface area contributed by atoms with Gasteiger partial charge in [0.25, 0.3) is 0 Å². The number of amides is 1. The summed E-state index contributed by atoms with van der Waals surface area (Å²) < 4.78 is 6.17. The van der Waals surface area contributed by atoms with Gasteiger partial charge < -0.3 is 4.74 Å². The lowest BCUT2D eigenvalue weighted by atomic mass is 10.0. The fraction of sp³-hybridized carbons (Fsp3) is 0.0833. The first-order valence-electron chi connectivity index (χ1n) is 9.11. The van der Waals surface area contributed by atoms with Gasteiger partial charge in [-0.2, -0.15) is 4.99 Å². The second kappa shape index (κ2) is 6.50. The first-order chi connectivity index (χ1) is 13.6. The number of fused-ring (bicyclic) bond motifs is 2. The summed E-state index contributed by atoms with van der Waals surface area (Å²) in [6.45, 7) is 1.80. The second-order valence-corrected chi connectivity index (χ2v) is 8.30. The average molecular weight is 383 g/mol. The zero-order valence-electron chi connectivity index (χ0n) is 15.3. The van der Waals surface area contributed by atoms with E-state index in [4.69, 9.17) is 4.74 Å². The van der Waals surface area contributed by atoms with E-state index >= 15 is 0 Å². The van der Waals surface area contributed by atoms with Crippen LogP contribution in [0, 0.1) is 0 Å². The molecule has 0 N–H and O–H groups in total. The predicted octanol–water partition coefficient (Wildman–Crippen LogP) is 5.80. The molecule has 5 rings (SSSR count). The molecule has 4 heteroatoms. The third-order valence-corrected chi connectivity index (χ3v) is 6.18. The van der Waals surface area contributed by atoms with Crippen molar-refractivity contribution in [1.29, 1.82) is 0 Å². The van der Waals surface area contributed by atoms with Crippen LogP contribution in [0.4, 0.5) is 0 Å². The standard InChI is InChI=1S/C24H17NO2S/c1-24(28-21-15-7-11-17-9-3-5-13-19(17)21)23(26)25-22(27-24)20-14-6-10-16-8-2-4-12-18(16)20/h2-15H,1H3/t24-/m0/s1.